The summed E-state index contributed by atoms with van der Waals surface area (Å²) in [5, 5.41) is 10.9. The van der Waals surface area contributed by atoms with Gasteiger partial charge in [-0.25, -0.2) is 4.39 Å². The van der Waals surface area contributed by atoms with Crippen LogP contribution in [0.1, 0.15) is 42.1 Å². The van der Waals surface area contributed by atoms with E-state index in [1.807, 2.05) is 24.3 Å². The van der Waals surface area contributed by atoms with E-state index in [9.17, 15) is 14.3 Å². The molecule has 1 aliphatic heterocycles. The van der Waals surface area contributed by atoms with Gasteiger partial charge in [0.15, 0.2) is 0 Å². The summed E-state index contributed by atoms with van der Waals surface area (Å²) in [7, 11) is 0. The fourth-order valence-corrected chi connectivity index (χ4v) is 3.34. The molecule has 0 aromatic heterocycles. The van der Waals surface area contributed by atoms with E-state index in [4.69, 9.17) is 4.74 Å². The Balaban J connectivity index is 1.58. The smallest absolute Gasteiger partial charge is 0.253 e. The minimum atomic E-state index is -0.991. The summed E-state index contributed by atoms with van der Waals surface area (Å²) in [4.78, 5) is 14.6. The molecule has 1 saturated heterocycles. The normalized spacial score (nSPS) is 20.2. The van der Waals surface area contributed by atoms with E-state index < -0.39 is 5.60 Å². The van der Waals surface area contributed by atoms with Crippen molar-refractivity contribution in [1.82, 2.24) is 4.90 Å². The molecule has 144 valence electrons. The number of ether oxygens (including phenoxy) is 1. The lowest BCUT2D eigenvalue weighted by atomic mass is 9.96. The number of likely N-dealkylation sites (tertiary alicyclic amines) is 1. The number of aryl methyl sites for hydroxylation is 1. The Kier molecular flexibility index (Phi) is 6.11. The maximum atomic E-state index is 13.0. The van der Waals surface area contributed by atoms with Crippen LogP contribution in [-0.2, 0) is 6.42 Å². The van der Waals surface area contributed by atoms with Gasteiger partial charge in [0.2, 0.25) is 0 Å². The number of hydrogen-bond acceptors (Lipinski definition) is 3. The highest BCUT2D eigenvalue weighted by Gasteiger charge is 2.32. The summed E-state index contributed by atoms with van der Waals surface area (Å²) in [6.45, 7) is 3.32. The van der Waals surface area contributed by atoms with Gasteiger partial charge in [-0.2, -0.15) is 0 Å². The number of aliphatic hydroxyl groups is 1. The molecule has 5 heteroatoms. The molecule has 2 aromatic carbocycles. The molecule has 1 unspecified atom stereocenters. The summed E-state index contributed by atoms with van der Waals surface area (Å²) in [5.74, 6) is 0.205. The van der Waals surface area contributed by atoms with Crippen molar-refractivity contribution >= 4 is 5.91 Å². The van der Waals surface area contributed by atoms with Gasteiger partial charge in [0.25, 0.3) is 5.91 Å². The molecule has 2 aromatic rings. The van der Waals surface area contributed by atoms with Gasteiger partial charge in [-0.15, -0.1) is 0 Å². The predicted molar refractivity (Wildman–Crippen MR) is 102 cm³/mol. The van der Waals surface area contributed by atoms with Crippen LogP contribution in [0.15, 0.2) is 48.5 Å². The lowest BCUT2D eigenvalue weighted by Crippen LogP contribution is -2.38. The van der Waals surface area contributed by atoms with Crippen LogP contribution in [0.25, 0.3) is 0 Å². The molecular formula is C22H26FNO3. The molecule has 4 nitrogen and oxygen atoms in total. The average molecular weight is 371 g/mol. The van der Waals surface area contributed by atoms with Crippen LogP contribution in [0.5, 0.6) is 5.75 Å². The molecular weight excluding hydrogens is 345 g/mol. The zero-order chi connectivity index (χ0) is 19.3. The van der Waals surface area contributed by atoms with Crippen LogP contribution in [-0.4, -0.2) is 41.2 Å². The zero-order valence-corrected chi connectivity index (χ0v) is 15.7. The second-order valence-corrected chi connectivity index (χ2v) is 7.16. The first-order valence-corrected chi connectivity index (χ1v) is 9.48. The van der Waals surface area contributed by atoms with Gasteiger partial charge >= 0.3 is 0 Å². The van der Waals surface area contributed by atoms with Crippen LogP contribution < -0.4 is 4.74 Å². The third-order valence-corrected chi connectivity index (χ3v) is 5.13. The maximum absolute atomic E-state index is 13.0. The highest BCUT2D eigenvalue weighted by atomic mass is 19.1. The van der Waals surface area contributed by atoms with Gasteiger partial charge in [-0.05, 0) is 67.6 Å². The number of halogens is 1. The fraction of sp³-hybridized carbons (Fsp3) is 0.409. The molecule has 1 atom stereocenters. The van der Waals surface area contributed by atoms with Crippen molar-refractivity contribution in [3.05, 3.63) is 65.5 Å². The summed E-state index contributed by atoms with van der Waals surface area (Å²) < 4.78 is 18.6. The molecule has 1 N–H and O–H groups in total. The van der Waals surface area contributed by atoms with Crippen LogP contribution in [0, 0.1) is 5.82 Å². The zero-order valence-electron chi connectivity index (χ0n) is 15.7. The molecule has 0 spiro atoms. The molecule has 1 heterocycles. The van der Waals surface area contributed by atoms with Gasteiger partial charge in [-0.3, -0.25) is 4.79 Å². The summed E-state index contributed by atoms with van der Waals surface area (Å²) in [6.07, 6.45) is 2.67. The predicted octanol–water partition coefficient (Wildman–Crippen LogP) is 3.82. The summed E-state index contributed by atoms with van der Waals surface area (Å²) in [6, 6.07) is 13.5. The number of hydrogen-bond donors (Lipinski definition) is 1. The van der Waals surface area contributed by atoms with E-state index in [0.717, 1.165) is 6.42 Å². The summed E-state index contributed by atoms with van der Waals surface area (Å²) >= 11 is 0. The van der Waals surface area contributed by atoms with Crippen molar-refractivity contribution in [3.8, 4) is 5.75 Å². The fourth-order valence-electron chi connectivity index (χ4n) is 3.34. The average Bonchev–Trinajstić information content (AvgIpc) is 2.89. The minimum absolute atomic E-state index is 0.00126. The van der Waals surface area contributed by atoms with Gasteiger partial charge in [-0.1, -0.05) is 19.1 Å². The van der Waals surface area contributed by atoms with Gasteiger partial charge in [0.1, 0.15) is 23.8 Å². The number of benzene rings is 2. The second kappa shape index (κ2) is 8.53. The first-order valence-electron chi connectivity index (χ1n) is 9.48. The first-order chi connectivity index (χ1) is 13.0. The van der Waals surface area contributed by atoms with Gasteiger partial charge in [0.05, 0.1) is 0 Å². The standard InChI is InChI=1S/C22H26FNO3/c1-2-17-4-6-18(7-5-17)21(25)24-14-3-12-22(26,13-15-24)16-27-20-10-8-19(23)9-11-20/h4-11,26H,2-3,12-16H2,1H3. The molecule has 0 radical (unpaired) electrons. The Morgan fingerprint density at radius 2 is 1.81 bits per heavy atom. The van der Waals surface area contributed by atoms with E-state index in [-0.39, 0.29) is 18.3 Å². The Morgan fingerprint density at radius 1 is 1.11 bits per heavy atom. The van der Waals surface area contributed by atoms with Gasteiger partial charge < -0.3 is 14.7 Å². The van der Waals surface area contributed by atoms with Crippen LogP contribution in [0.3, 0.4) is 0 Å². The largest absolute Gasteiger partial charge is 0.491 e. The second-order valence-electron chi connectivity index (χ2n) is 7.16. The quantitative estimate of drug-likeness (QED) is 0.869. The molecule has 27 heavy (non-hydrogen) atoms. The topological polar surface area (TPSA) is 49.8 Å². The van der Waals surface area contributed by atoms with Crippen molar-refractivity contribution in [2.45, 2.75) is 38.2 Å². The maximum Gasteiger partial charge on any atom is 0.253 e. The number of amides is 1. The molecule has 0 saturated carbocycles. The van der Waals surface area contributed by atoms with Crippen LogP contribution in [0.2, 0.25) is 0 Å². The summed E-state index contributed by atoms with van der Waals surface area (Å²) in [5.41, 5.74) is 0.894. The Hall–Kier alpha value is -2.40. The first kappa shape index (κ1) is 19.4. The highest BCUT2D eigenvalue weighted by molar-refractivity contribution is 5.94. The van der Waals surface area contributed by atoms with E-state index in [2.05, 4.69) is 6.92 Å². The van der Waals surface area contributed by atoms with Crippen LogP contribution >= 0.6 is 0 Å². The molecule has 1 fully saturated rings. The lowest BCUT2D eigenvalue weighted by Gasteiger charge is -2.27. The molecule has 1 aliphatic rings. The Labute approximate surface area is 159 Å². The molecule has 3 rings (SSSR count). The number of rotatable bonds is 5. The highest BCUT2D eigenvalue weighted by Crippen LogP contribution is 2.25. The third kappa shape index (κ3) is 5.07. The number of nitrogens with zero attached hydrogens (tertiary/aromatic N) is 1. The van der Waals surface area contributed by atoms with E-state index >= 15 is 0 Å². The van der Waals surface area contributed by atoms with E-state index in [1.54, 1.807) is 17.0 Å². The molecule has 0 aliphatic carbocycles. The number of carbonyl (C=O) groups is 1. The molecule has 0 bridgehead atoms. The lowest BCUT2D eigenvalue weighted by molar-refractivity contribution is -0.0163. The Bertz CT molecular complexity index is 760. The van der Waals surface area contributed by atoms with Crippen molar-refractivity contribution in [1.29, 1.82) is 0 Å². The SMILES string of the molecule is CCc1ccc(C(=O)N2CCCC(O)(COc3ccc(F)cc3)CC2)cc1. The van der Waals surface area contributed by atoms with Crippen molar-refractivity contribution in [2.24, 2.45) is 0 Å². The van der Waals surface area contributed by atoms with Crippen LogP contribution in [0.4, 0.5) is 4.39 Å². The van der Waals surface area contributed by atoms with Crippen molar-refractivity contribution < 1.29 is 19.0 Å². The van der Waals surface area contributed by atoms with Crippen molar-refractivity contribution in [2.75, 3.05) is 19.7 Å². The van der Waals surface area contributed by atoms with E-state index in [0.29, 0.717) is 43.7 Å². The minimum Gasteiger partial charge on any atom is -0.491 e. The van der Waals surface area contributed by atoms with Crippen molar-refractivity contribution in [3.63, 3.8) is 0 Å². The monoisotopic (exact) mass is 371 g/mol. The van der Waals surface area contributed by atoms with Gasteiger partial charge in [0, 0.05) is 18.7 Å². The molecule has 1 amide bonds. The third-order valence-electron chi connectivity index (χ3n) is 5.13. The number of carbonyl (C=O) groups excluding carboxylic acids is 1. The van der Waals surface area contributed by atoms with E-state index in [1.165, 1.54) is 17.7 Å². The Morgan fingerprint density at radius 3 is 2.48 bits per heavy atom.